The van der Waals surface area contributed by atoms with E-state index in [-0.39, 0.29) is 5.56 Å². The highest BCUT2D eigenvalue weighted by molar-refractivity contribution is 7.15. The molecule has 0 N–H and O–H groups in total. The Labute approximate surface area is 203 Å². The van der Waals surface area contributed by atoms with E-state index in [2.05, 4.69) is 4.98 Å². The molecule has 166 valence electrons. The summed E-state index contributed by atoms with van der Waals surface area (Å²) in [6, 6.07) is 18.6. The number of rotatable bonds is 6. The molecule has 5 aromatic rings. The molecule has 0 unspecified atom stereocenters. The van der Waals surface area contributed by atoms with Crippen LogP contribution >= 0.6 is 34.5 Å². The summed E-state index contributed by atoms with van der Waals surface area (Å²) in [4.78, 5) is 18.3. The fourth-order valence-corrected chi connectivity index (χ4v) is 4.96. The van der Waals surface area contributed by atoms with Crippen LogP contribution in [0.15, 0.2) is 65.5 Å². The molecule has 0 fully saturated rings. The van der Waals surface area contributed by atoms with Gasteiger partial charge in [0.1, 0.15) is 6.61 Å². The number of hydrogen-bond donors (Lipinski definition) is 0. The predicted molar refractivity (Wildman–Crippen MR) is 134 cm³/mol. The van der Waals surface area contributed by atoms with Crippen LogP contribution in [0.4, 0.5) is 0 Å². The van der Waals surface area contributed by atoms with Crippen LogP contribution < -0.4 is 19.6 Å². The summed E-state index contributed by atoms with van der Waals surface area (Å²) in [5, 5.41) is 1.07. The van der Waals surface area contributed by atoms with E-state index in [0.717, 1.165) is 22.2 Å². The van der Waals surface area contributed by atoms with E-state index in [1.807, 2.05) is 61.5 Å². The summed E-state index contributed by atoms with van der Waals surface area (Å²) in [5.74, 6) is 0.976. The third-order valence-corrected chi connectivity index (χ3v) is 6.57. The first-order valence-corrected chi connectivity index (χ1v) is 11.9. The zero-order valence-electron chi connectivity index (χ0n) is 17.5. The average Bonchev–Trinajstić information content (AvgIpc) is 3.31. The van der Waals surface area contributed by atoms with E-state index in [9.17, 15) is 4.79 Å². The van der Waals surface area contributed by atoms with E-state index >= 15 is 0 Å². The largest absolute Gasteiger partial charge is 0.490 e. The number of imidazole rings is 1. The number of fused-ring (bicyclic) bond motifs is 3. The summed E-state index contributed by atoms with van der Waals surface area (Å²) < 4.78 is 14.0. The number of aromatic nitrogens is 2. The molecule has 8 heteroatoms. The van der Waals surface area contributed by atoms with Crippen LogP contribution in [0.1, 0.15) is 18.1 Å². The molecule has 2 aromatic heterocycles. The Bertz CT molecular complexity index is 1580. The first-order valence-electron chi connectivity index (χ1n) is 10.3. The highest BCUT2D eigenvalue weighted by atomic mass is 35.5. The second kappa shape index (κ2) is 9.06. The summed E-state index contributed by atoms with van der Waals surface area (Å²) in [6.45, 7) is 2.66. The Morgan fingerprint density at radius 1 is 1.06 bits per heavy atom. The lowest BCUT2D eigenvalue weighted by molar-refractivity contribution is 0.269. The second-order valence-electron chi connectivity index (χ2n) is 7.31. The fraction of sp³-hybridized carbons (Fsp3) is 0.120. The lowest BCUT2D eigenvalue weighted by atomic mass is 10.2. The molecule has 0 atom stereocenters. The Balaban J connectivity index is 1.52. The van der Waals surface area contributed by atoms with Crippen molar-refractivity contribution in [3.63, 3.8) is 0 Å². The third kappa shape index (κ3) is 4.29. The number of thiazole rings is 1. The number of hydrogen-bond acceptors (Lipinski definition) is 5. The minimum atomic E-state index is -0.110. The van der Waals surface area contributed by atoms with Gasteiger partial charge in [0.05, 0.1) is 27.2 Å². The van der Waals surface area contributed by atoms with Gasteiger partial charge in [0, 0.05) is 5.02 Å². The molecule has 2 heterocycles. The maximum atomic E-state index is 13.1. The lowest BCUT2D eigenvalue weighted by Gasteiger charge is -2.14. The van der Waals surface area contributed by atoms with E-state index in [4.69, 9.17) is 32.7 Å². The second-order valence-corrected chi connectivity index (χ2v) is 9.17. The average molecular weight is 497 g/mol. The van der Waals surface area contributed by atoms with E-state index in [1.165, 1.54) is 11.3 Å². The monoisotopic (exact) mass is 496 g/mol. The maximum Gasteiger partial charge on any atom is 0.274 e. The van der Waals surface area contributed by atoms with Crippen LogP contribution in [-0.2, 0) is 6.61 Å². The predicted octanol–water partition coefficient (Wildman–Crippen LogP) is 5.74. The van der Waals surface area contributed by atoms with Crippen molar-refractivity contribution < 1.29 is 9.47 Å². The summed E-state index contributed by atoms with van der Waals surface area (Å²) >= 11 is 13.9. The van der Waals surface area contributed by atoms with Gasteiger partial charge in [-0.1, -0.05) is 58.8 Å². The van der Waals surface area contributed by atoms with Gasteiger partial charge in [0.2, 0.25) is 0 Å². The molecule has 0 bridgehead atoms. The molecule has 0 aliphatic carbocycles. The standard InChI is InChI=1S/C25H18Cl2N2O3S/c1-2-31-21-12-16(11-18(27)23(21)32-14-15-7-9-17(26)10-8-15)13-22-24(30)29-20-6-4-3-5-19(20)28-25(29)33-22/h3-13H,2,14H2,1H3/b22-13-. The molecule has 0 spiro atoms. The van der Waals surface area contributed by atoms with Gasteiger partial charge >= 0.3 is 0 Å². The van der Waals surface area contributed by atoms with Crippen molar-refractivity contribution >= 4 is 56.6 Å². The molecule has 0 radical (unpaired) electrons. The smallest absolute Gasteiger partial charge is 0.274 e. The van der Waals surface area contributed by atoms with Gasteiger partial charge in [0.25, 0.3) is 5.56 Å². The van der Waals surface area contributed by atoms with Crippen LogP contribution in [0.25, 0.3) is 22.1 Å². The van der Waals surface area contributed by atoms with Crippen molar-refractivity contribution in [2.24, 2.45) is 0 Å². The van der Waals surface area contributed by atoms with Gasteiger partial charge in [-0.05, 0) is 60.5 Å². The first kappa shape index (κ1) is 21.8. The Kier molecular flexibility index (Phi) is 5.98. The molecule has 3 aromatic carbocycles. The normalized spacial score (nSPS) is 12.0. The third-order valence-electron chi connectivity index (χ3n) is 5.07. The minimum Gasteiger partial charge on any atom is -0.490 e. The summed E-state index contributed by atoms with van der Waals surface area (Å²) in [7, 11) is 0. The molecule has 0 saturated heterocycles. The Morgan fingerprint density at radius 3 is 2.64 bits per heavy atom. The number of nitrogens with zero attached hydrogens (tertiary/aromatic N) is 2. The van der Waals surface area contributed by atoms with E-state index in [0.29, 0.717) is 44.3 Å². The molecule has 5 rings (SSSR count). The van der Waals surface area contributed by atoms with Crippen molar-refractivity contribution in [1.29, 1.82) is 0 Å². The van der Waals surface area contributed by atoms with Crippen molar-refractivity contribution in [1.82, 2.24) is 9.38 Å². The van der Waals surface area contributed by atoms with Crippen molar-refractivity contribution in [3.8, 4) is 11.5 Å². The van der Waals surface area contributed by atoms with Crippen LogP contribution in [-0.4, -0.2) is 16.0 Å². The van der Waals surface area contributed by atoms with Crippen molar-refractivity contribution in [2.75, 3.05) is 6.61 Å². The highest BCUT2D eigenvalue weighted by Crippen LogP contribution is 2.37. The Morgan fingerprint density at radius 2 is 1.85 bits per heavy atom. The fourth-order valence-electron chi connectivity index (χ4n) is 3.57. The number of benzene rings is 3. The maximum absolute atomic E-state index is 13.1. The van der Waals surface area contributed by atoms with Gasteiger partial charge in [-0.3, -0.25) is 4.79 Å². The highest BCUT2D eigenvalue weighted by Gasteiger charge is 2.14. The summed E-state index contributed by atoms with van der Waals surface area (Å²) in [6.07, 6.45) is 1.80. The topological polar surface area (TPSA) is 52.8 Å². The molecule has 5 nitrogen and oxygen atoms in total. The quantitative estimate of drug-likeness (QED) is 0.300. The zero-order chi connectivity index (χ0) is 22.9. The van der Waals surface area contributed by atoms with Crippen LogP contribution in [0.5, 0.6) is 11.5 Å². The molecule has 0 saturated carbocycles. The first-order chi connectivity index (χ1) is 16.0. The Hall–Kier alpha value is -3.06. The molecular weight excluding hydrogens is 479 g/mol. The molecule has 33 heavy (non-hydrogen) atoms. The van der Waals surface area contributed by atoms with Gasteiger partial charge in [-0.2, -0.15) is 0 Å². The summed E-state index contributed by atoms with van der Waals surface area (Å²) in [5.41, 5.74) is 3.19. The van der Waals surface area contributed by atoms with Crippen LogP contribution in [0, 0.1) is 0 Å². The van der Waals surface area contributed by atoms with Gasteiger partial charge in [-0.15, -0.1) is 0 Å². The van der Waals surface area contributed by atoms with Crippen molar-refractivity contribution in [3.05, 3.63) is 96.7 Å². The van der Waals surface area contributed by atoms with Gasteiger partial charge in [-0.25, -0.2) is 9.38 Å². The number of halogens is 2. The number of ether oxygens (including phenoxy) is 2. The van der Waals surface area contributed by atoms with Gasteiger partial charge < -0.3 is 9.47 Å². The molecular formula is C25H18Cl2N2O3S. The van der Waals surface area contributed by atoms with Gasteiger partial charge in [0.15, 0.2) is 16.5 Å². The van der Waals surface area contributed by atoms with E-state index in [1.54, 1.807) is 16.5 Å². The molecule has 0 aliphatic rings. The van der Waals surface area contributed by atoms with Crippen molar-refractivity contribution in [2.45, 2.75) is 13.5 Å². The lowest BCUT2D eigenvalue weighted by Crippen LogP contribution is -2.22. The molecule has 0 amide bonds. The van der Waals surface area contributed by atoms with Crippen LogP contribution in [0.3, 0.4) is 0 Å². The number of para-hydroxylation sites is 2. The van der Waals surface area contributed by atoms with Crippen LogP contribution in [0.2, 0.25) is 10.0 Å². The SMILES string of the molecule is CCOc1cc(/C=c2\sc3nc4ccccc4n3c2=O)cc(Cl)c1OCc1ccc(Cl)cc1. The minimum absolute atomic E-state index is 0.110. The molecule has 0 aliphatic heterocycles. The zero-order valence-corrected chi connectivity index (χ0v) is 19.9. The van der Waals surface area contributed by atoms with E-state index < -0.39 is 0 Å².